The lowest BCUT2D eigenvalue weighted by atomic mass is 10.1. The molecule has 22 heavy (non-hydrogen) atoms. The molecule has 0 amide bonds. The fourth-order valence-corrected chi connectivity index (χ4v) is 2.33. The third-order valence-electron chi connectivity index (χ3n) is 2.76. The summed E-state index contributed by atoms with van der Waals surface area (Å²) in [6, 6.07) is 6.34. The average molecular weight is 362 g/mol. The molecule has 2 N–H and O–H groups in total. The number of nitrogens with two attached hydrogens (primary N) is 1. The molecule has 0 fully saturated rings. The van der Waals surface area contributed by atoms with E-state index in [2.05, 4.69) is 9.97 Å². The minimum Gasteiger partial charge on any atom is -0.254 e. The van der Waals surface area contributed by atoms with Gasteiger partial charge in [-0.2, -0.15) is 0 Å². The van der Waals surface area contributed by atoms with Gasteiger partial charge in [-0.25, -0.2) is 13.6 Å². The standard InChI is InChI=1S/C13H15N3O2S.CH2Cl2/c1-3-12-13(15-8-9(2)16-12)10-4-6-11(7-5-10)19(14,17)18;2-1-3/h4-8H,3H2,1-2H3,(H2,14,17,18);1H2. The summed E-state index contributed by atoms with van der Waals surface area (Å²) in [5.74, 6) is 0. The Balaban J connectivity index is 0.000000745. The number of aromatic nitrogens is 2. The molecule has 0 atom stereocenters. The number of sulfonamides is 1. The maximum absolute atomic E-state index is 11.2. The van der Waals surface area contributed by atoms with Crippen molar-refractivity contribution in [3.8, 4) is 11.3 Å². The van der Waals surface area contributed by atoms with Crippen molar-refractivity contribution in [1.29, 1.82) is 0 Å². The van der Waals surface area contributed by atoms with Crippen molar-refractivity contribution in [1.82, 2.24) is 9.97 Å². The highest BCUT2D eigenvalue weighted by molar-refractivity contribution is 7.89. The number of alkyl halides is 2. The molecule has 2 aromatic rings. The minimum atomic E-state index is -3.66. The summed E-state index contributed by atoms with van der Waals surface area (Å²) in [5, 5.41) is 5.26. The molecule has 0 saturated heterocycles. The molecule has 0 bridgehead atoms. The van der Waals surface area contributed by atoms with E-state index in [1.807, 2.05) is 13.8 Å². The quantitative estimate of drug-likeness (QED) is 0.851. The van der Waals surface area contributed by atoms with Gasteiger partial charge in [0.15, 0.2) is 0 Å². The van der Waals surface area contributed by atoms with E-state index >= 15 is 0 Å². The van der Waals surface area contributed by atoms with E-state index in [0.717, 1.165) is 29.1 Å². The molecule has 1 aromatic heterocycles. The highest BCUT2D eigenvalue weighted by Crippen LogP contribution is 2.22. The van der Waals surface area contributed by atoms with Gasteiger partial charge >= 0.3 is 0 Å². The van der Waals surface area contributed by atoms with Crippen LogP contribution < -0.4 is 5.14 Å². The van der Waals surface area contributed by atoms with Gasteiger partial charge in [0, 0.05) is 11.8 Å². The summed E-state index contributed by atoms with van der Waals surface area (Å²) < 4.78 is 22.4. The average Bonchev–Trinajstić information content (AvgIpc) is 2.47. The highest BCUT2D eigenvalue weighted by Gasteiger charge is 2.10. The SMILES string of the molecule is CCc1nc(C)cnc1-c1ccc(S(N)(=O)=O)cc1.ClCCl. The normalized spacial score (nSPS) is 10.8. The summed E-state index contributed by atoms with van der Waals surface area (Å²) >= 11 is 9.53. The molecule has 0 unspecified atom stereocenters. The van der Waals surface area contributed by atoms with Crippen LogP contribution in [0.3, 0.4) is 0 Å². The summed E-state index contributed by atoms with van der Waals surface area (Å²) in [7, 11) is -3.66. The van der Waals surface area contributed by atoms with Gasteiger partial charge in [-0.15, -0.1) is 23.2 Å². The number of hydrogen-bond donors (Lipinski definition) is 1. The lowest BCUT2D eigenvalue weighted by Crippen LogP contribution is -2.11. The smallest absolute Gasteiger partial charge is 0.238 e. The summed E-state index contributed by atoms with van der Waals surface area (Å²) in [4.78, 5) is 8.89. The van der Waals surface area contributed by atoms with Gasteiger partial charge in [0.2, 0.25) is 10.0 Å². The topological polar surface area (TPSA) is 85.9 Å². The number of primary sulfonamides is 1. The van der Waals surface area contributed by atoms with Crippen molar-refractivity contribution in [3.05, 3.63) is 41.9 Å². The van der Waals surface area contributed by atoms with E-state index in [9.17, 15) is 8.42 Å². The first kappa shape index (κ1) is 18.8. The van der Waals surface area contributed by atoms with Crippen molar-refractivity contribution < 1.29 is 8.42 Å². The lowest BCUT2D eigenvalue weighted by molar-refractivity contribution is 0.598. The number of benzene rings is 1. The Morgan fingerprint density at radius 1 is 1.18 bits per heavy atom. The van der Waals surface area contributed by atoms with Gasteiger partial charge in [0.25, 0.3) is 0 Å². The van der Waals surface area contributed by atoms with E-state index in [0.29, 0.717) is 0 Å². The van der Waals surface area contributed by atoms with Crippen LogP contribution in [0.4, 0.5) is 0 Å². The van der Waals surface area contributed by atoms with Crippen molar-refractivity contribution in [3.63, 3.8) is 0 Å². The molecule has 0 spiro atoms. The third kappa shape index (κ3) is 5.21. The van der Waals surface area contributed by atoms with Gasteiger partial charge in [-0.1, -0.05) is 19.1 Å². The van der Waals surface area contributed by atoms with Crippen LogP contribution in [0.15, 0.2) is 35.4 Å². The van der Waals surface area contributed by atoms with Gasteiger partial charge < -0.3 is 0 Å². The zero-order valence-electron chi connectivity index (χ0n) is 12.3. The van der Waals surface area contributed by atoms with Crippen molar-refractivity contribution in [2.75, 3.05) is 5.34 Å². The zero-order chi connectivity index (χ0) is 16.8. The van der Waals surface area contributed by atoms with Crippen molar-refractivity contribution in [2.45, 2.75) is 25.2 Å². The van der Waals surface area contributed by atoms with Crippen molar-refractivity contribution in [2.24, 2.45) is 5.14 Å². The summed E-state index contributed by atoms with van der Waals surface area (Å²) in [6.07, 6.45) is 2.46. The summed E-state index contributed by atoms with van der Waals surface area (Å²) in [6.45, 7) is 3.89. The highest BCUT2D eigenvalue weighted by atomic mass is 35.5. The molecule has 1 aromatic carbocycles. The van der Waals surface area contributed by atoms with Gasteiger partial charge in [0.1, 0.15) is 0 Å². The molecule has 0 saturated carbocycles. The van der Waals surface area contributed by atoms with Crippen LogP contribution in [-0.2, 0) is 16.4 Å². The van der Waals surface area contributed by atoms with E-state index in [1.165, 1.54) is 12.1 Å². The molecule has 0 aliphatic rings. The molecular weight excluding hydrogens is 345 g/mol. The fourth-order valence-electron chi connectivity index (χ4n) is 1.82. The van der Waals surface area contributed by atoms with Crippen LogP contribution in [0.2, 0.25) is 0 Å². The van der Waals surface area contributed by atoms with E-state index in [1.54, 1.807) is 18.3 Å². The Bertz CT molecular complexity index is 719. The Morgan fingerprint density at radius 2 is 1.73 bits per heavy atom. The van der Waals surface area contributed by atoms with Crippen LogP contribution >= 0.6 is 23.2 Å². The van der Waals surface area contributed by atoms with Crippen LogP contribution in [0.25, 0.3) is 11.3 Å². The van der Waals surface area contributed by atoms with Gasteiger partial charge in [0.05, 0.1) is 27.3 Å². The molecule has 120 valence electrons. The second-order valence-electron chi connectivity index (χ2n) is 4.33. The number of nitrogens with zero attached hydrogens (tertiary/aromatic N) is 2. The molecule has 0 aliphatic heterocycles. The van der Waals surface area contributed by atoms with E-state index in [-0.39, 0.29) is 10.2 Å². The van der Waals surface area contributed by atoms with E-state index in [4.69, 9.17) is 28.3 Å². The van der Waals surface area contributed by atoms with Crippen LogP contribution in [-0.4, -0.2) is 23.7 Å². The number of hydrogen-bond acceptors (Lipinski definition) is 4. The Kier molecular flexibility index (Phi) is 7.22. The number of rotatable bonds is 3. The first-order valence-electron chi connectivity index (χ1n) is 6.41. The third-order valence-corrected chi connectivity index (χ3v) is 3.69. The molecule has 8 heteroatoms. The predicted molar refractivity (Wildman–Crippen MR) is 89.5 cm³/mol. The Morgan fingerprint density at radius 3 is 2.18 bits per heavy atom. The first-order chi connectivity index (χ1) is 10.3. The van der Waals surface area contributed by atoms with E-state index < -0.39 is 10.0 Å². The molecular formula is C14H17Cl2N3O2S. The summed E-state index contributed by atoms with van der Waals surface area (Å²) in [5.41, 5.74) is 3.36. The van der Waals surface area contributed by atoms with Crippen LogP contribution in [0.1, 0.15) is 18.3 Å². The largest absolute Gasteiger partial charge is 0.254 e. The van der Waals surface area contributed by atoms with Crippen LogP contribution in [0.5, 0.6) is 0 Å². The minimum absolute atomic E-state index is 0.0920. The van der Waals surface area contributed by atoms with Gasteiger partial charge in [-0.05, 0) is 25.5 Å². The number of halogens is 2. The Hall–Kier alpha value is -1.21. The maximum atomic E-state index is 11.2. The van der Waals surface area contributed by atoms with Gasteiger partial charge in [-0.3, -0.25) is 9.97 Å². The predicted octanol–water partition coefficient (Wildman–Crippen LogP) is 3.08. The van der Waals surface area contributed by atoms with Crippen molar-refractivity contribution >= 4 is 33.2 Å². The zero-order valence-corrected chi connectivity index (χ0v) is 14.6. The second-order valence-corrected chi connectivity index (χ2v) is 6.70. The monoisotopic (exact) mass is 361 g/mol. The maximum Gasteiger partial charge on any atom is 0.238 e. The fraction of sp³-hybridized carbons (Fsp3) is 0.286. The van der Waals surface area contributed by atoms with Crippen LogP contribution in [0, 0.1) is 6.92 Å². The molecule has 1 heterocycles. The lowest BCUT2D eigenvalue weighted by Gasteiger charge is -2.07. The molecule has 2 rings (SSSR count). The second kappa shape index (κ2) is 8.43. The molecule has 0 radical (unpaired) electrons. The molecule has 0 aliphatic carbocycles. The first-order valence-corrected chi connectivity index (χ1v) is 9.02. The Labute approximate surface area is 140 Å². The molecule has 5 nitrogen and oxygen atoms in total. The number of aryl methyl sites for hydroxylation is 2.